The fourth-order valence-electron chi connectivity index (χ4n) is 4.91. The van der Waals surface area contributed by atoms with Gasteiger partial charge in [-0.05, 0) is 55.3 Å². The molecule has 186 valence electrons. The van der Waals surface area contributed by atoms with E-state index in [0.717, 1.165) is 45.1 Å². The van der Waals surface area contributed by atoms with Crippen LogP contribution in [-0.2, 0) is 9.53 Å². The first-order valence-electron chi connectivity index (χ1n) is 12.2. The van der Waals surface area contributed by atoms with Crippen LogP contribution >= 0.6 is 0 Å². The highest BCUT2D eigenvalue weighted by molar-refractivity contribution is 6.35. The molecular formula is C28H26N6O3. The molecule has 9 nitrogen and oxygen atoms in total. The van der Waals surface area contributed by atoms with Crippen LogP contribution in [0.5, 0.6) is 0 Å². The molecule has 9 heteroatoms. The molecule has 3 aromatic heterocycles. The van der Waals surface area contributed by atoms with Gasteiger partial charge >= 0.3 is 0 Å². The molecule has 0 radical (unpaired) electrons. The quantitative estimate of drug-likeness (QED) is 0.420. The van der Waals surface area contributed by atoms with Gasteiger partial charge < -0.3 is 19.9 Å². The minimum absolute atomic E-state index is 0.0114. The van der Waals surface area contributed by atoms with Crippen LogP contribution < -0.4 is 5.32 Å². The molecule has 2 aliphatic rings. The molecule has 1 aromatic carbocycles. The predicted molar refractivity (Wildman–Crippen MR) is 140 cm³/mol. The van der Waals surface area contributed by atoms with Gasteiger partial charge in [-0.3, -0.25) is 9.59 Å². The van der Waals surface area contributed by atoms with Gasteiger partial charge in [0.1, 0.15) is 0 Å². The number of hydrogen-bond acceptors (Lipinski definition) is 5. The van der Waals surface area contributed by atoms with Crippen LogP contribution in [0.3, 0.4) is 0 Å². The van der Waals surface area contributed by atoms with Crippen LogP contribution in [0.1, 0.15) is 32.9 Å². The first kappa shape index (κ1) is 22.9. The van der Waals surface area contributed by atoms with Crippen molar-refractivity contribution in [3.8, 4) is 16.9 Å². The number of morpholine rings is 1. The Labute approximate surface area is 213 Å². The molecule has 6 rings (SSSR count). The van der Waals surface area contributed by atoms with Crippen molar-refractivity contribution in [2.75, 3.05) is 31.6 Å². The summed E-state index contributed by atoms with van der Waals surface area (Å²) in [7, 11) is 0. The molecule has 2 aliphatic heterocycles. The number of nitrogens with one attached hydrogen (secondary N) is 2. The first-order chi connectivity index (χ1) is 18.0. The minimum atomic E-state index is -0.177. The van der Waals surface area contributed by atoms with E-state index >= 15 is 0 Å². The van der Waals surface area contributed by atoms with Gasteiger partial charge in [0, 0.05) is 53.7 Å². The number of carbonyl (C=O) groups excluding carboxylic acids is 2. The molecule has 0 unspecified atom stereocenters. The molecule has 0 aliphatic carbocycles. The lowest BCUT2D eigenvalue weighted by Crippen LogP contribution is -2.41. The van der Waals surface area contributed by atoms with E-state index in [-0.39, 0.29) is 11.8 Å². The van der Waals surface area contributed by atoms with Crippen molar-refractivity contribution in [3.63, 3.8) is 0 Å². The second-order valence-corrected chi connectivity index (χ2v) is 9.20. The van der Waals surface area contributed by atoms with E-state index in [2.05, 4.69) is 20.4 Å². The van der Waals surface area contributed by atoms with Gasteiger partial charge in [0.25, 0.3) is 11.8 Å². The van der Waals surface area contributed by atoms with Crippen molar-refractivity contribution in [1.29, 1.82) is 0 Å². The van der Waals surface area contributed by atoms with Gasteiger partial charge in [0.15, 0.2) is 5.82 Å². The van der Waals surface area contributed by atoms with Crippen LogP contribution in [-0.4, -0.2) is 62.8 Å². The number of ether oxygens (including phenoxy) is 1. The van der Waals surface area contributed by atoms with Gasteiger partial charge in [0.05, 0.1) is 30.5 Å². The molecule has 1 saturated heterocycles. The Kier molecular flexibility index (Phi) is 5.69. The van der Waals surface area contributed by atoms with E-state index in [1.807, 2.05) is 67.4 Å². The highest BCUT2D eigenvalue weighted by atomic mass is 16.5. The van der Waals surface area contributed by atoms with Gasteiger partial charge in [-0.25, -0.2) is 9.67 Å². The van der Waals surface area contributed by atoms with Crippen LogP contribution in [0, 0.1) is 13.8 Å². The second kappa shape index (κ2) is 9.18. The standard InChI is InChI=1S/C28H26N6O3/c1-17-24(31-18(2)26(17)28(36)33-9-11-37-12-10-33)14-22-21-13-19(6-7-23(21)32-27(22)35)20-15-30-34(16-20)25-5-3-4-8-29-25/h3-8,13-16,31H,9-12H2,1-2H3,(H,32,35). The summed E-state index contributed by atoms with van der Waals surface area (Å²) >= 11 is 0. The fraction of sp³-hybridized carbons (Fsp3) is 0.214. The highest BCUT2D eigenvalue weighted by Crippen LogP contribution is 2.37. The zero-order chi connectivity index (χ0) is 25.5. The fourth-order valence-corrected chi connectivity index (χ4v) is 4.91. The summed E-state index contributed by atoms with van der Waals surface area (Å²) in [5.74, 6) is 0.541. The third-order valence-electron chi connectivity index (χ3n) is 6.88. The van der Waals surface area contributed by atoms with Crippen molar-refractivity contribution in [1.82, 2.24) is 24.6 Å². The average molecular weight is 495 g/mol. The van der Waals surface area contributed by atoms with Crippen LogP contribution in [0.15, 0.2) is 55.0 Å². The van der Waals surface area contributed by atoms with Crippen molar-refractivity contribution < 1.29 is 14.3 Å². The molecule has 0 bridgehead atoms. The normalized spacial score (nSPS) is 16.2. The summed E-state index contributed by atoms with van der Waals surface area (Å²) in [6.45, 7) is 6.06. The molecule has 0 saturated carbocycles. The largest absolute Gasteiger partial charge is 0.378 e. The number of H-pyrrole nitrogens is 1. The summed E-state index contributed by atoms with van der Waals surface area (Å²) in [6.07, 6.45) is 7.26. The Hall–Kier alpha value is -4.50. The number of hydrogen-bond donors (Lipinski definition) is 2. The van der Waals surface area contributed by atoms with Crippen LogP contribution in [0.2, 0.25) is 0 Å². The maximum absolute atomic E-state index is 13.2. The van der Waals surface area contributed by atoms with Crippen molar-refractivity contribution in [3.05, 3.63) is 83.1 Å². The molecule has 0 spiro atoms. The van der Waals surface area contributed by atoms with E-state index in [4.69, 9.17) is 4.74 Å². The number of aromatic amines is 1. The molecule has 4 aromatic rings. The molecular weight excluding hydrogens is 468 g/mol. The van der Waals surface area contributed by atoms with E-state index in [1.165, 1.54) is 0 Å². The molecule has 0 atom stereocenters. The molecule has 37 heavy (non-hydrogen) atoms. The lowest BCUT2D eigenvalue weighted by molar-refractivity contribution is -0.110. The summed E-state index contributed by atoms with van der Waals surface area (Å²) in [5.41, 5.74) is 6.98. The Morgan fingerprint density at radius 1 is 1.11 bits per heavy atom. The average Bonchev–Trinajstić information content (AvgIpc) is 3.61. The Bertz CT molecular complexity index is 1540. The van der Waals surface area contributed by atoms with Gasteiger partial charge in [-0.1, -0.05) is 12.1 Å². The number of anilines is 1. The maximum atomic E-state index is 13.2. The maximum Gasteiger partial charge on any atom is 0.256 e. The second-order valence-electron chi connectivity index (χ2n) is 9.20. The number of carbonyl (C=O) groups is 2. The Morgan fingerprint density at radius 2 is 1.95 bits per heavy atom. The topological polar surface area (TPSA) is 105 Å². The van der Waals surface area contributed by atoms with Crippen molar-refractivity contribution in [2.24, 2.45) is 0 Å². The Balaban J connectivity index is 1.34. The number of pyridine rings is 1. The van der Waals surface area contributed by atoms with Gasteiger partial charge in [0.2, 0.25) is 0 Å². The number of nitrogens with zero attached hydrogens (tertiary/aromatic N) is 4. The van der Waals surface area contributed by atoms with Crippen LogP contribution in [0.25, 0.3) is 28.6 Å². The number of benzene rings is 1. The predicted octanol–water partition coefficient (Wildman–Crippen LogP) is 3.84. The summed E-state index contributed by atoms with van der Waals surface area (Å²) < 4.78 is 7.11. The third-order valence-corrected chi connectivity index (χ3v) is 6.88. The highest BCUT2D eigenvalue weighted by Gasteiger charge is 2.28. The number of aryl methyl sites for hydroxylation is 1. The SMILES string of the molecule is Cc1[nH]c(C=C2C(=O)Nc3ccc(-c4cnn(-c5ccccn5)c4)cc32)c(C)c1C(=O)N1CCOCC1. The van der Waals surface area contributed by atoms with E-state index < -0.39 is 0 Å². The lowest BCUT2D eigenvalue weighted by Gasteiger charge is -2.27. The summed E-state index contributed by atoms with van der Waals surface area (Å²) in [4.78, 5) is 35.6. The monoisotopic (exact) mass is 494 g/mol. The van der Waals surface area contributed by atoms with E-state index in [1.54, 1.807) is 17.1 Å². The van der Waals surface area contributed by atoms with Crippen molar-refractivity contribution in [2.45, 2.75) is 13.8 Å². The first-order valence-corrected chi connectivity index (χ1v) is 12.2. The summed E-state index contributed by atoms with van der Waals surface area (Å²) in [6, 6.07) is 11.5. The zero-order valence-corrected chi connectivity index (χ0v) is 20.6. The van der Waals surface area contributed by atoms with E-state index in [9.17, 15) is 9.59 Å². The van der Waals surface area contributed by atoms with Crippen LogP contribution in [0.4, 0.5) is 5.69 Å². The zero-order valence-electron chi connectivity index (χ0n) is 20.6. The molecule has 2 N–H and O–H groups in total. The molecule has 1 fully saturated rings. The number of amides is 2. The summed E-state index contributed by atoms with van der Waals surface area (Å²) in [5, 5.41) is 7.40. The smallest absolute Gasteiger partial charge is 0.256 e. The van der Waals surface area contributed by atoms with E-state index in [0.29, 0.717) is 37.4 Å². The third kappa shape index (κ3) is 4.13. The number of aromatic nitrogens is 4. The van der Waals surface area contributed by atoms with Gasteiger partial charge in [-0.15, -0.1) is 0 Å². The number of fused-ring (bicyclic) bond motifs is 1. The van der Waals surface area contributed by atoms with Gasteiger partial charge in [-0.2, -0.15) is 5.10 Å². The Morgan fingerprint density at radius 3 is 2.73 bits per heavy atom. The molecule has 2 amide bonds. The number of rotatable bonds is 4. The van der Waals surface area contributed by atoms with Crippen molar-refractivity contribution >= 4 is 29.2 Å². The minimum Gasteiger partial charge on any atom is -0.378 e. The lowest BCUT2D eigenvalue weighted by atomic mass is 9.99. The molecule has 5 heterocycles.